The molecule has 1 atom stereocenters. The van der Waals surface area contributed by atoms with E-state index in [0.29, 0.717) is 6.42 Å². The van der Waals surface area contributed by atoms with E-state index >= 15 is 0 Å². The lowest BCUT2D eigenvalue weighted by Gasteiger charge is -2.08. The molecule has 2 aromatic rings. The van der Waals surface area contributed by atoms with E-state index in [-0.39, 0.29) is 0 Å². The molecule has 0 amide bonds. The Balaban J connectivity index is 2.07. The van der Waals surface area contributed by atoms with Crippen molar-refractivity contribution in [1.82, 2.24) is 0 Å². The molecule has 1 aromatic carbocycles. The number of benzene rings is 1. The topological polar surface area (TPSA) is 20.2 Å². The van der Waals surface area contributed by atoms with Gasteiger partial charge in [-0.25, -0.2) is 0 Å². The molecule has 0 bridgehead atoms. The largest absolute Gasteiger partial charge is 0.387 e. The number of hydrogen-bond donors (Lipinski definition) is 1. The summed E-state index contributed by atoms with van der Waals surface area (Å²) in [7, 11) is 0. The van der Waals surface area contributed by atoms with Crippen LogP contribution in [0.2, 0.25) is 5.02 Å². The molecule has 0 spiro atoms. The smallest absolute Gasteiger partial charge is 0.0922 e. The standard InChI is InChI=1S/C12H10BrClOS/c13-12-6-5-11(16-12)10(15)7-8-1-3-9(14)4-2-8/h1-6,10,15H,7H2. The molecule has 16 heavy (non-hydrogen) atoms. The average molecular weight is 318 g/mol. The van der Waals surface area contributed by atoms with E-state index in [1.54, 1.807) is 11.3 Å². The maximum atomic E-state index is 10.0. The molecule has 0 aliphatic heterocycles. The monoisotopic (exact) mass is 316 g/mol. The lowest BCUT2D eigenvalue weighted by Crippen LogP contribution is -1.99. The van der Waals surface area contributed by atoms with Gasteiger partial charge in [0.05, 0.1) is 9.89 Å². The van der Waals surface area contributed by atoms with Crippen LogP contribution in [-0.4, -0.2) is 5.11 Å². The van der Waals surface area contributed by atoms with E-state index in [4.69, 9.17) is 11.6 Å². The van der Waals surface area contributed by atoms with Crippen molar-refractivity contribution >= 4 is 38.9 Å². The van der Waals surface area contributed by atoms with Crippen LogP contribution in [0.25, 0.3) is 0 Å². The number of thiophene rings is 1. The first-order chi connectivity index (χ1) is 7.65. The van der Waals surface area contributed by atoms with Gasteiger partial charge in [-0.15, -0.1) is 11.3 Å². The van der Waals surface area contributed by atoms with E-state index in [0.717, 1.165) is 19.2 Å². The molecule has 4 heteroatoms. The Morgan fingerprint density at radius 1 is 1.19 bits per heavy atom. The molecule has 0 saturated carbocycles. The summed E-state index contributed by atoms with van der Waals surface area (Å²) < 4.78 is 1.04. The molecule has 0 radical (unpaired) electrons. The van der Waals surface area contributed by atoms with Crippen molar-refractivity contribution in [3.63, 3.8) is 0 Å². The summed E-state index contributed by atoms with van der Waals surface area (Å²) in [6, 6.07) is 11.4. The lowest BCUT2D eigenvalue weighted by molar-refractivity contribution is 0.182. The van der Waals surface area contributed by atoms with Gasteiger partial charge >= 0.3 is 0 Å². The zero-order valence-corrected chi connectivity index (χ0v) is 11.5. The lowest BCUT2D eigenvalue weighted by atomic mass is 10.1. The number of rotatable bonds is 3. The second kappa shape index (κ2) is 5.32. The van der Waals surface area contributed by atoms with Crippen LogP contribution in [0.3, 0.4) is 0 Å². The summed E-state index contributed by atoms with van der Waals surface area (Å²) in [5.74, 6) is 0. The first kappa shape index (κ1) is 12.1. The van der Waals surface area contributed by atoms with Gasteiger partial charge in [-0.1, -0.05) is 23.7 Å². The van der Waals surface area contributed by atoms with Crippen molar-refractivity contribution in [2.24, 2.45) is 0 Å². The first-order valence-corrected chi connectivity index (χ1v) is 6.81. The minimum Gasteiger partial charge on any atom is -0.387 e. The molecule has 1 aromatic heterocycles. The summed E-state index contributed by atoms with van der Waals surface area (Å²) in [6.07, 6.45) is 0.168. The molecule has 0 fully saturated rings. The van der Waals surface area contributed by atoms with Gasteiger partial charge in [0.15, 0.2) is 0 Å². The average Bonchev–Trinajstić information content (AvgIpc) is 2.68. The van der Waals surface area contributed by atoms with Crippen molar-refractivity contribution in [1.29, 1.82) is 0 Å². The third kappa shape index (κ3) is 3.08. The van der Waals surface area contributed by atoms with Crippen LogP contribution in [0.15, 0.2) is 40.2 Å². The van der Waals surface area contributed by atoms with Crippen molar-refractivity contribution in [3.8, 4) is 0 Å². The quantitative estimate of drug-likeness (QED) is 0.887. The van der Waals surface area contributed by atoms with Gasteiger partial charge in [0.25, 0.3) is 0 Å². The molecule has 1 unspecified atom stereocenters. The molecular formula is C12H10BrClOS. The van der Waals surface area contributed by atoms with Crippen molar-refractivity contribution in [2.75, 3.05) is 0 Å². The van der Waals surface area contributed by atoms with Crippen LogP contribution >= 0.6 is 38.9 Å². The van der Waals surface area contributed by atoms with Crippen molar-refractivity contribution < 1.29 is 5.11 Å². The van der Waals surface area contributed by atoms with E-state index in [1.807, 2.05) is 36.4 Å². The minimum absolute atomic E-state index is 0.447. The molecule has 0 saturated heterocycles. The number of aliphatic hydroxyl groups excluding tert-OH is 1. The van der Waals surface area contributed by atoms with Gasteiger partial charge in [0.1, 0.15) is 0 Å². The van der Waals surface area contributed by atoms with Crippen LogP contribution in [0.1, 0.15) is 16.5 Å². The van der Waals surface area contributed by atoms with E-state index in [2.05, 4.69) is 15.9 Å². The molecule has 2 rings (SSSR count). The van der Waals surface area contributed by atoms with Crippen LogP contribution in [0, 0.1) is 0 Å². The fourth-order valence-corrected chi connectivity index (χ4v) is 2.99. The highest BCUT2D eigenvalue weighted by atomic mass is 79.9. The van der Waals surface area contributed by atoms with Gasteiger partial charge in [-0.2, -0.15) is 0 Å². The van der Waals surface area contributed by atoms with Crippen molar-refractivity contribution in [3.05, 3.63) is 55.6 Å². The molecule has 0 aliphatic carbocycles. The highest BCUT2D eigenvalue weighted by Crippen LogP contribution is 2.29. The Hall–Kier alpha value is -0.350. The second-order valence-electron chi connectivity index (χ2n) is 3.49. The third-order valence-corrected chi connectivity index (χ3v) is 4.24. The Labute approximate surface area is 112 Å². The van der Waals surface area contributed by atoms with E-state index in [1.165, 1.54) is 0 Å². The summed E-state index contributed by atoms with van der Waals surface area (Å²) >= 11 is 10.7. The van der Waals surface area contributed by atoms with Gasteiger partial charge in [0, 0.05) is 16.3 Å². The number of aliphatic hydroxyl groups is 1. The van der Waals surface area contributed by atoms with Gasteiger partial charge in [-0.05, 0) is 45.8 Å². The fraction of sp³-hybridized carbons (Fsp3) is 0.167. The summed E-state index contributed by atoms with van der Waals surface area (Å²) in [5.41, 5.74) is 1.08. The summed E-state index contributed by atoms with van der Waals surface area (Å²) in [6.45, 7) is 0. The summed E-state index contributed by atoms with van der Waals surface area (Å²) in [4.78, 5) is 0.974. The Morgan fingerprint density at radius 3 is 2.44 bits per heavy atom. The Morgan fingerprint density at radius 2 is 1.88 bits per heavy atom. The van der Waals surface area contributed by atoms with Crippen molar-refractivity contribution in [2.45, 2.75) is 12.5 Å². The molecule has 0 aliphatic rings. The maximum absolute atomic E-state index is 10.0. The van der Waals surface area contributed by atoms with Crippen LogP contribution in [0.5, 0.6) is 0 Å². The molecular weight excluding hydrogens is 308 g/mol. The SMILES string of the molecule is OC(Cc1ccc(Cl)cc1)c1ccc(Br)s1. The normalized spacial score (nSPS) is 12.7. The molecule has 1 N–H and O–H groups in total. The Bertz CT molecular complexity index is 466. The second-order valence-corrected chi connectivity index (χ2v) is 6.42. The van der Waals surface area contributed by atoms with Gasteiger partial charge in [0.2, 0.25) is 0 Å². The zero-order chi connectivity index (χ0) is 11.5. The molecule has 84 valence electrons. The molecule has 1 nitrogen and oxygen atoms in total. The van der Waals surface area contributed by atoms with Gasteiger partial charge < -0.3 is 5.11 Å². The fourth-order valence-electron chi connectivity index (χ4n) is 1.45. The first-order valence-electron chi connectivity index (χ1n) is 4.83. The highest BCUT2D eigenvalue weighted by Gasteiger charge is 2.10. The predicted octanol–water partition coefficient (Wildman–Crippen LogP) is 4.44. The maximum Gasteiger partial charge on any atom is 0.0922 e. The number of hydrogen-bond acceptors (Lipinski definition) is 2. The minimum atomic E-state index is -0.447. The van der Waals surface area contributed by atoms with E-state index < -0.39 is 6.10 Å². The third-order valence-electron chi connectivity index (χ3n) is 2.26. The van der Waals surface area contributed by atoms with Crippen LogP contribution in [-0.2, 0) is 6.42 Å². The predicted molar refractivity (Wildman–Crippen MR) is 72.1 cm³/mol. The van der Waals surface area contributed by atoms with Crippen LogP contribution < -0.4 is 0 Å². The van der Waals surface area contributed by atoms with Gasteiger partial charge in [-0.3, -0.25) is 0 Å². The Kier molecular flexibility index (Phi) is 4.03. The highest BCUT2D eigenvalue weighted by molar-refractivity contribution is 9.11. The zero-order valence-electron chi connectivity index (χ0n) is 8.36. The molecule has 1 heterocycles. The van der Waals surface area contributed by atoms with Crippen LogP contribution in [0.4, 0.5) is 0 Å². The van der Waals surface area contributed by atoms with E-state index in [9.17, 15) is 5.11 Å². The summed E-state index contributed by atoms with van der Waals surface area (Å²) in [5, 5.41) is 10.7. The number of halogens is 2.